The van der Waals surface area contributed by atoms with Gasteiger partial charge in [-0.05, 0) is 44.4 Å². The van der Waals surface area contributed by atoms with Crippen molar-refractivity contribution in [3.63, 3.8) is 0 Å². The molecule has 0 radical (unpaired) electrons. The van der Waals surface area contributed by atoms with E-state index in [2.05, 4.69) is 0 Å². The zero-order valence-electron chi connectivity index (χ0n) is 8.70. The van der Waals surface area contributed by atoms with E-state index in [9.17, 15) is 9.59 Å². The fourth-order valence-corrected chi connectivity index (χ4v) is 2.57. The molecule has 0 atom stereocenters. The Labute approximate surface area is 88.6 Å². The third kappa shape index (κ3) is 1.34. The lowest BCUT2D eigenvalue weighted by atomic mass is 10.0. The van der Waals surface area contributed by atoms with Crippen molar-refractivity contribution >= 4 is 12.0 Å². The summed E-state index contributed by atoms with van der Waals surface area (Å²) in [6.07, 6.45) is 5.31. The van der Waals surface area contributed by atoms with Crippen LogP contribution in [0.2, 0.25) is 0 Å². The van der Waals surface area contributed by atoms with Crippen molar-refractivity contribution in [2.24, 2.45) is 5.92 Å². The zero-order valence-corrected chi connectivity index (χ0v) is 8.70. The normalized spacial score (nSPS) is 28.9. The molecule has 3 aliphatic rings. The second-order valence-corrected chi connectivity index (χ2v) is 4.93. The van der Waals surface area contributed by atoms with Gasteiger partial charge in [-0.25, -0.2) is 9.69 Å². The number of carbonyl (C=O) groups is 2. The number of nitrogens with zero attached hydrogens (tertiary/aromatic N) is 1. The van der Waals surface area contributed by atoms with Crippen LogP contribution in [0.15, 0.2) is 0 Å². The molecular weight excluding hydrogens is 194 g/mol. The standard InChI is InChI=1S/C11H15NO3/c13-9-11(5-1-2-6-11)15-10(14)12(9)7-8-3-4-8/h8H,1-7H2. The molecule has 2 aliphatic carbocycles. The van der Waals surface area contributed by atoms with E-state index in [0.717, 1.165) is 38.5 Å². The molecule has 0 aromatic carbocycles. The van der Waals surface area contributed by atoms with E-state index in [1.165, 1.54) is 4.90 Å². The van der Waals surface area contributed by atoms with Crippen LogP contribution in [0.4, 0.5) is 4.79 Å². The highest BCUT2D eigenvalue weighted by molar-refractivity contribution is 6.03. The van der Waals surface area contributed by atoms with Crippen LogP contribution in [0.1, 0.15) is 38.5 Å². The molecule has 0 N–H and O–H groups in total. The number of rotatable bonds is 2. The molecule has 3 fully saturated rings. The maximum atomic E-state index is 12.1. The molecular formula is C11H15NO3. The average Bonchev–Trinajstić information content (AvgIpc) is 2.87. The minimum Gasteiger partial charge on any atom is -0.432 e. The first-order valence-corrected chi connectivity index (χ1v) is 5.76. The van der Waals surface area contributed by atoms with Crippen LogP contribution in [-0.4, -0.2) is 29.0 Å². The van der Waals surface area contributed by atoms with Gasteiger partial charge in [-0.15, -0.1) is 0 Å². The van der Waals surface area contributed by atoms with Crippen LogP contribution in [-0.2, 0) is 9.53 Å². The topological polar surface area (TPSA) is 46.6 Å². The molecule has 0 aromatic heterocycles. The molecule has 2 amide bonds. The maximum absolute atomic E-state index is 12.1. The average molecular weight is 209 g/mol. The number of imide groups is 1. The molecule has 0 aromatic rings. The van der Waals surface area contributed by atoms with E-state index < -0.39 is 11.7 Å². The Kier molecular flexibility index (Phi) is 1.82. The molecule has 15 heavy (non-hydrogen) atoms. The van der Waals surface area contributed by atoms with Crippen molar-refractivity contribution in [2.45, 2.75) is 44.1 Å². The minimum absolute atomic E-state index is 0.0723. The van der Waals surface area contributed by atoms with Gasteiger partial charge in [0.25, 0.3) is 5.91 Å². The predicted molar refractivity (Wildman–Crippen MR) is 52.1 cm³/mol. The molecule has 4 nitrogen and oxygen atoms in total. The Balaban J connectivity index is 1.79. The van der Waals surface area contributed by atoms with Crippen LogP contribution >= 0.6 is 0 Å². The van der Waals surface area contributed by atoms with Gasteiger partial charge in [-0.2, -0.15) is 0 Å². The number of carbonyl (C=O) groups excluding carboxylic acids is 2. The van der Waals surface area contributed by atoms with Crippen LogP contribution in [0.25, 0.3) is 0 Å². The van der Waals surface area contributed by atoms with Crippen molar-refractivity contribution in [1.29, 1.82) is 0 Å². The summed E-state index contributed by atoms with van der Waals surface area (Å²) in [5.74, 6) is 0.468. The van der Waals surface area contributed by atoms with E-state index in [1.807, 2.05) is 0 Å². The Hall–Kier alpha value is -1.06. The Morgan fingerprint density at radius 2 is 1.93 bits per heavy atom. The number of amides is 2. The second kappa shape index (κ2) is 2.97. The Morgan fingerprint density at radius 3 is 2.53 bits per heavy atom. The van der Waals surface area contributed by atoms with Crippen molar-refractivity contribution in [2.75, 3.05) is 6.54 Å². The van der Waals surface area contributed by atoms with E-state index in [-0.39, 0.29) is 5.91 Å². The van der Waals surface area contributed by atoms with Crippen LogP contribution < -0.4 is 0 Å². The smallest absolute Gasteiger partial charge is 0.417 e. The summed E-state index contributed by atoms with van der Waals surface area (Å²) in [4.78, 5) is 25.0. The lowest BCUT2D eigenvalue weighted by molar-refractivity contribution is -0.136. The van der Waals surface area contributed by atoms with E-state index >= 15 is 0 Å². The first-order chi connectivity index (χ1) is 7.21. The number of ether oxygens (including phenoxy) is 1. The zero-order chi connectivity index (χ0) is 10.5. The van der Waals surface area contributed by atoms with Gasteiger partial charge in [-0.1, -0.05) is 0 Å². The van der Waals surface area contributed by atoms with Crippen LogP contribution in [0, 0.1) is 5.92 Å². The van der Waals surface area contributed by atoms with Gasteiger partial charge in [0.05, 0.1) is 0 Å². The minimum atomic E-state index is -0.758. The highest BCUT2D eigenvalue weighted by atomic mass is 16.6. The summed E-state index contributed by atoms with van der Waals surface area (Å²) in [6, 6.07) is 0. The molecule has 1 spiro atoms. The SMILES string of the molecule is O=C1OC2(CCCC2)C(=O)N1CC1CC1. The first kappa shape index (κ1) is 9.19. The first-order valence-electron chi connectivity index (χ1n) is 5.76. The summed E-state index contributed by atoms with van der Waals surface area (Å²) >= 11 is 0. The Morgan fingerprint density at radius 1 is 1.27 bits per heavy atom. The molecule has 0 bridgehead atoms. The molecule has 1 heterocycles. The fourth-order valence-electron chi connectivity index (χ4n) is 2.57. The fraction of sp³-hybridized carbons (Fsp3) is 0.818. The lowest BCUT2D eigenvalue weighted by Gasteiger charge is -2.17. The van der Waals surface area contributed by atoms with Gasteiger partial charge in [-0.3, -0.25) is 4.79 Å². The third-order valence-electron chi connectivity index (χ3n) is 3.69. The second-order valence-electron chi connectivity index (χ2n) is 4.93. The van der Waals surface area contributed by atoms with Gasteiger partial charge in [0.1, 0.15) is 0 Å². The van der Waals surface area contributed by atoms with Crippen LogP contribution in [0.5, 0.6) is 0 Å². The quantitative estimate of drug-likeness (QED) is 0.695. The highest BCUT2D eigenvalue weighted by Crippen LogP contribution is 2.41. The number of hydrogen-bond donors (Lipinski definition) is 0. The molecule has 82 valence electrons. The van der Waals surface area contributed by atoms with Gasteiger partial charge in [0.2, 0.25) is 0 Å². The summed E-state index contributed by atoms with van der Waals surface area (Å²) in [7, 11) is 0. The molecule has 1 aliphatic heterocycles. The van der Waals surface area contributed by atoms with Crippen molar-refractivity contribution < 1.29 is 14.3 Å². The largest absolute Gasteiger partial charge is 0.432 e. The summed E-state index contributed by atoms with van der Waals surface area (Å²) < 4.78 is 5.30. The van der Waals surface area contributed by atoms with Gasteiger partial charge in [0.15, 0.2) is 5.60 Å². The summed E-state index contributed by atoms with van der Waals surface area (Å²) in [6.45, 7) is 0.583. The third-order valence-corrected chi connectivity index (χ3v) is 3.69. The molecule has 1 saturated heterocycles. The monoisotopic (exact) mass is 209 g/mol. The van der Waals surface area contributed by atoms with Gasteiger partial charge in [0, 0.05) is 6.54 Å². The highest BCUT2D eigenvalue weighted by Gasteiger charge is 2.55. The Bertz CT molecular complexity index is 316. The van der Waals surface area contributed by atoms with Gasteiger partial charge < -0.3 is 4.74 Å². The van der Waals surface area contributed by atoms with E-state index in [4.69, 9.17) is 4.74 Å². The summed E-state index contributed by atoms with van der Waals surface area (Å²) in [5, 5.41) is 0. The van der Waals surface area contributed by atoms with Crippen molar-refractivity contribution in [1.82, 2.24) is 4.90 Å². The molecule has 3 rings (SSSR count). The maximum Gasteiger partial charge on any atom is 0.417 e. The van der Waals surface area contributed by atoms with Crippen molar-refractivity contribution in [3.05, 3.63) is 0 Å². The van der Waals surface area contributed by atoms with Crippen molar-refractivity contribution in [3.8, 4) is 0 Å². The molecule has 2 saturated carbocycles. The van der Waals surface area contributed by atoms with Crippen LogP contribution in [0.3, 0.4) is 0 Å². The summed E-state index contributed by atoms with van der Waals surface area (Å²) in [5.41, 5.74) is -0.758. The predicted octanol–water partition coefficient (Wildman–Crippen LogP) is 1.69. The molecule has 0 unspecified atom stereocenters. The molecule has 4 heteroatoms. The van der Waals surface area contributed by atoms with E-state index in [0.29, 0.717) is 12.5 Å². The van der Waals surface area contributed by atoms with E-state index in [1.54, 1.807) is 0 Å². The lowest BCUT2D eigenvalue weighted by Crippen LogP contribution is -2.39. The van der Waals surface area contributed by atoms with Gasteiger partial charge >= 0.3 is 6.09 Å². The number of hydrogen-bond acceptors (Lipinski definition) is 3.